The molecule has 0 aliphatic rings. The van der Waals surface area contributed by atoms with Crippen molar-refractivity contribution < 1.29 is 13.6 Å². The van der Waals surface area contributed by atoms with Crippen molar-refractivity contribution in [3.63, 3.8) is 0 Å². The first kappa shape index (κ1) is 12.7. The molecule has 5 nitrogen and oxygen atoms in total. The highest BCUT2D eigenvalue weighted by Crippen LogP contribution is 2.20. The Hall–Kier alpha value is -2.70. The molecule has 1 heterocycles. The lowest BCUT2D eigenvalue weighted by molar-refractivity contribution is 0.100. The van der Waals surface area contributed by atoms with Crippen LogP contribution < -0.4 is 16.8 Å². The minimum absolute atomic E-state index is 0.0781. The molecule has 98 valence electrons. The predicted molar refractivity (Wildman–Crippen MR) is 66.8 cm³/mol. The Kier molecular flexibility index (Phi) is 3.28. The zero-order valence-electron chi connectivity index (χ0n) is 9.65. The lowest BCUT2D eigenvalue weighted by atomic mass is 10.2. The van der Waals surface area contributed by atoms with Gasteiger partial charge in [-0.15, -0.1) is 0 Å². The highest BCUT2D eigenvalue weighted by molar-refractivity contribution is 5.98. The third-order valence-electron chi connectivity index (χ3n) is 2.34. The number of halogens is 2. The average molecular weight is 264 g/mol. The Morgan fingerprint density at radius 2 is 1.79 bits per heavy atom. The number of carbonyl (C=O) groups is 1. The third kappa shape index (κ3) is 2.95. The summed E-state index contributed by atoms with van der Waals surface area (Å²) in [5, 5.41) is 2.65. The van der Waals surface area contributed by atoms with Crippen molar-refractivity contribution in [2.75, 3.05) is 11.1 Å². The summed E-state index contributed by atoms with van der Waals surface area (Å²) in [6.45, 7) is 0. The SMILES string of the molecule is NC(=O)c1cc(Nc2cc(F)cc(F)c2)ncc1N. The van der Waals surface area contributed by atoms with Crippen molar-refractivity contribution in [2.45, 2.75) is 0 Å². The normalized spacial score (nSPS) is 10.2. The highest BCUT2D eigenvalue weighted by atomic mass is 19.1. The Balaban J connectivity index is 2.33. The summed E-state index contributed by atoms with van der Waals surface area (Å²) in [5.74, 6) is -1.97. The fourth-order valence-corrected chi connectivity index (χ4v) is 1.52. The maximum absolute atomic E-state index is 13.0. The Labute approximate surface area is 107 Å². The number of nitrogens with zero attached hydrogens (tertiary/aromatic N) is 1. The van der Waals surface area contributed by atoms with Gasteiger partial charge in [-0.3, -0.25) is 4.79 Å². The molecule has 0 bridgehead atoms. The van der Waals surface area contributed by atoms with Gasteiger partial charge in [0.15, 0.2) is 0 Å². The molecule has 0 aliphatic carbocycles. The van der Waals surface area contributed by atoms with Gasteiger partial charge in [-0.2, -0.15) is 0 Å². The first-order valence-electron chi connectivity index (χ1n) is 5.24. The van der Waals surface area contributed by atoms with Crippen molar-refractivity contribution in [3.8, 4) is 0 Å². The van der Waals surface area contributed by atoms with Crippen molar-refractivity contribution in [1.29, 1.82) is 0 Å². The van der Waals surface area contributed by atoms with E-state index in [0.29, 0.717) is 0 Å². The van der Waals surface area contributed by atoms with E-state index in [9.17, 15) is 13.6 Å². The summed E-state index contributed by atoms with van der Waals surface area (Å²) in [4.78, 5) is 15.0. The van der Waals surface area contributed by atoms with Crippen LogP contribution in [0, 0.1) is 11.6 Å². The molecule has 0 aliphatic heterocycles. The number of primary amides is 1. The molecule has 0 spiro atoms. The second kappa shape index (κ2) is 4.89. The van der Waals surface area contributed by atoms with E-state index in [0.717, 1.165) is 18.2 Å². The van der Waals surface area contributed by atoms with E-state index in [1.807, 2.05) is 0 Å². The molecule has 0 radical (unpaired) electrons. The van der Waals surface area contributed by atoms with Gasteiger partial charge < -0.3 is 16.8 Å². The van der Waals surface area contributed by atoms with Crippen LogP contribution >= 0.6 is 0 Å². The fourth-order valence-electron chi connectivity index (χ4n) is 1.52. The van der Waals surface area contributed by atoms with Gasteiger partial charge >= 0.3 is 0 Å². The first-order valence-corrected chi connectivity index (χ1v) is 5.24. The topological polar surface area (TPSA) is 94.0 Å². The van der Waals surface area contributed by atoms with Crippen LogP contribution in [0.15, 0.2) is 30.5 Å². The van der Waals surface area contributed by atoms with Gasteiger partial charge in [0.25, 0.3) is 5.91 Å². The third-order valence-corrected chi connectivity index (χ3v) is 2.34. The van der Waals surface area contributed by atoms with Crippen LogP contribution in [0.2, 0.25) is 0 Å². The molecule has 19 heavy (non-hydrogen) atoms. The van der Waals surface area contributed by atoms with Crippen molar-refractivity contribution >= 4 is 23.1 Å². The van der Waals surface area contributed by atoms with Crippen LogP contribution in [0.25, 0.3) is 0 Å². The molecule has 7 heteroatoms. The Morgan fingerprint density at radius 3 is 2.37 bits per heavy atom. The quantitative estimate of drug-likeness (QED) is 0.787. The average Bonchev–Trinajstić information content (AvgIpc) is 2.30. The standard InChI is InChI=1S/C12H10F2N4O/c13-6-1-7(14)3-8(2-6)18-11-4-9(12(16)19)10(15)5-17-11/h1-5H,15H2,(H2,16,19)(H,17,18). The van der Waals surface area contributed by atoms with Gasteiger partial charge in [0.2, 0.25) is 0 Å². The molecular weight excluding hydrogens is 254 g/mol. The van der Waals surface area contributed by atoms with Gasteiger partial charge in [0.05, 0.1) is 17.4 Å². The van der Waals surface area contributed by atoms with E-state index in [1.54, 1.807) is 0 Å². The number of aromatic nitrogens is 1. The van der Waals surface area contributed by atoms with Gasteiger partial charge in [-0.1, -0.05) is 0 Å². The van der Waals surface area contributed by atoms with Gasteiger partial charge in [-0.05, 0) is 18.2 Å². The van der Waals surface area contributed by atoms with Gasteiger partial charge in [0.1, 0.15) is 17.5 Å². The van der Waals surface area contributed by atoms with Crippen LogP contribution in [0.3, 0.4) is 0 Å². The van der Waals surface area contributed by atoms with Crippen molar-refractivity contribution in [3.05, 3.63) is 47.7 Å². The summed E-state index contributed by atoms with van der Waals surface area (Å²) in [6.07, 6.45) is 1.23. The molecule has 5 N–H and O–H groups in total. The number of pyridine rings is 1. The Morgan fingerprint density at radius 1 is 1.16 bits per heavy atom. The summed E-state index contributed by atoms with van der Waals surface area (Å²) in [7, 11) is 0. The van der Waals surface area contributed by atoms with Crippen LogP contribution in [-0.4, -0.2) is 10.9 Å². The molecule has 0 fully saturated rings. The second-order valence-electron chi connectivity index (χ2n) is 3.80. The summed E-state index contributed by atoms with van der Waals surface area (Å²) >= 11 is 0. The lowest BCUT2D eigenvalue weighted by Gasteiger charge is -2.08. The van der Waals surface area contributed by atoms with E-state index in [4.69, 9.17) is 11.5 Å². The number of hydrogen-bond donors (Lipinski definition) is 3. The number of carbonyl (C=O) groups excluding carboxylic acids is 1. The zero-order valence-corrected chi connectivity index (χ0v) is 9.65. The predicted octanol–water partition coefficient (Wildman–Crippen LogP) is 1.78. The van der Waals surface area contributed by atoms with Crippen LogP contribution in [0.4, 0.5) is 26.0 Å². The number of nitrogens with two attached hydrogens (primary N) is 2. The van der Waals surface area contributed by atoms with Gasteiger partial charge in [0, 0.05) is 11.8 Å². The molecular formula is C12H10F2N4O. The highest BCUT2D eigenvalue weighted by Gasteiger charge is 2.08. The van der Waals surface area contributed by atoms with E-state index in [-0.39, 0.29) is 22.8 Å². The largest absolute Gasteiger partial charge is 0.397 e. The fraction of sp³-hybridized carbons (Fsp3) is 0. The minimum Gasteiger partial charge on any atom is -0.397 e. The number of amides is 1. The maximum atomic E-state index is 13.0. The maximum Gasteiger partial charge on any atom is 0.250 e. The molecule has 0 saturated carbocycles. The second-order valence-corrected chi connectivity index (χ2v) is 3.80. The van der Waals surface area contributed by atoms with E-state index < -0.39 is 17.5 Å². The zero-order chi connectivity index (χ0) is 14.0. The summed E-state index contributed by atoms with van der Waals surface area (Å²) < 4.78 is 26.0. The lowest BCUT2D eigenvalue weighted by Crippen LogP contribution is -2.14. The molecule has 2 aromatic rings. The smallest absolute Gasteiger partial charge is 0.250 e. The van der Waals surface area contributed by atoms with Crippen LogP contribution in [0.5, 0.6) is 0 Å². The molecule has 0 atom stereocenters. The van der Waals surface area contributed by atoms with E-state index in [2.05, 4.69) is 10.3 Å². The molecule has 2 rings (SSSR count). The molecule has 1 aromatic heterocycles. The Bertz CT molecular complexity index is 625. The minimum atomic E-state index is -0.729. The summed E-state index contributed by atoms with van der Waals surface area (Å²) in [6, 6.07) is 4.23. The van der Waals surface area contributed by atoms with E-state index in [1.165, 1.54) is 12.3 Å². The number of nitrogens with one attached hydrogen (secondary N) is 1. The summed E-state index contributed by atoms with van der Waals surface area (Å²) in [5.41, 5.74) is 11.0. The van der Waals surface area contributed by atoms with Crippen LogP contribution in [-0.2, 0) is 0 Å². The van der Waals surface area contributed by atoms with Crippen LogP contribution in [0.1, 0.15) is 10.4 Å². The molecule has 0 saturated heterocycles. The number of anilines is 3. The molecule has 0 unspecified atom stereocenters. The number of nitrogen functional groups attached to an aromatic ring is 1. The number of rotatable bonds is 3. The van der Waals surface area contributed by atoms with Crippen molar-refractivity contribution in [2.24, 2.45) is 5.73 Å². The number of hydrogen-bond acceptors (Lipinski definition) is 4. The first-order chi connectivity index (χ1) is 8.95. The van der Waals surface area contributed by atoms with Crippen molar-refractivity contribution in [1.82, 2.24) is 4.98 Å². The molecule has 1 aromatic carbocycles. The molecule has 1 amide bonds. The van der Waals surface area contributed by atoms with Gasteiger partial charge in [-0.25, -0.2) is 13.8 Å². The van der Waals surface area contributed by atoms with E-state index >= 15 is 0 Å². The monoisotopic (exact) mass is 264 g/mol. The number of benzene rings is 1.